The van der Waals surface area contributed by atoms with Gasteiger partial charge >= 0.3 is 6.09 Å². The molecule has 0 radical (unpaired) electrons. The van der Waals surface area contributed by atoms with Gasteiger partial charge < -0.3 is 15.0 Å². The van der Waals surface area contributed by atoms with E-state index < -0.39 is 17.9 Å². The molecule has 7 nitrogen and oxygen atoms in total. The van der Waals surface area contributed by atoms with Gasteiger partial charge in [-0.2, -0.15) is 0 Å². The molecule has 2 rings (SSSR count). The number of carbonyl (C=O) groups is 4. The molecule has 2 amide bonds. The number of aldehydes is 1. The van der Waals surface area contributed by atoms with Gasteiger partial charge in [0.15, 0.2) is 6.29 Å². The van der Waals surface area contributed by atoms with Crippen LogP contribution in [0.15, 0.2) is 72.8 Å². The fourth-order valence-electron chi connectivity index (χ4n) is 2.68. The Bertz CT molecular complexity index is 881. The molecule has 0 spiro atoms. The van der Waals surface area contributed by atoms with Gasteiger partial charge in [-0.15, -0.1) is 0 Å². The average Bonchev–Trinajstić information content (AvgIpc) is 2.78. The van der Waals surface area contributed by atoms with E-state index in [9.17, 15) is 19.2 Å². The fourth-order valence-corrected chi connectivity index (χ4v) is 2.68. The number of likely N-dealkylation sites (N-methyl/N-ethyl adjacent to an activating group) is 1. The average molecular weight is 408 g/mol. The number of carbonyl (C=O) groups excluding carboxylic acids is 4. The van der Waals surface area contributed by atoms with Gasteiger partial charge in [0.1, 0.15) is 12.6 Å². The molecule has 0 fully saturated rings. The summed E-state index contributed by atoms with van der Waals surface area (Å²) in [5.41, 5.74) is 1.71. The van der Waals surface area contributed by atoms with E-state index in [1.165, 1.54) is 11.0 Å². The van der Waals surface area contributed by atoms with Crippen molar-refractivity contribution < 1.29 is 23.9 Å². The SMILES string of the molecule is CN(C/C=C/C(=O)C=O)C(=O)C(Cc1ccccc1)NC(=O)OCc1ccccc1. The van der Waals surface area contributed by atoms with Crippen molar-refractivity contribution in [2.24, 2.45) is 0 Å². The summed E-state index contributed by atoms with van der Waals surface area (Å²) >= 11 is 0. The lowest BCUT2D eigenvalue weighted by Crippen LogP contribution is -2.48. The molecule has 0 heterocycles. The maximum Gasteiger partial charge on any atom is 0.408 e. The highest BCUT2D eigenvalue weighted by atomic mass is 16.5. The number of ether oxygens (including phenoxy) is 1. The second-order valence-electron chi connectivity index (χ2n) is 6.59. The topological polar surface area (TPSA) is 92.8 Å². The Kier molecular flexibility index (Phi) is 8.99. The van der Waals surface area contributed by atoms with Crippen LogP contribution in [0.2, 0.25) is 0 Å². The molecule has 0 saturated carbocycles. The standard InChI is InChI=1S/C23H24N2O5/c1-25(14-8-13-20(27)16-26)22(28)21(15-18-9-4-2-5-10-18)24-23(29)30-17-19-11-6-3-7-12-19/h2-13,16,21H,14-15,17H2,1H3,(H,24,29)/b13-8+. The molecular formula is C23H24N2O5. The molecule has 1 unspecified atom stereocenters. The van der Waals surface area contributed by atoms with Crippen molar-refractivity contribution >= 4 is 24.1 Å². The van der Waals surface area contributed by atoms with E-state index in [-0.39, 0.29) is 31.8 Å². The van der Waals surface area contributed by atoms with Crippen LogP contribution in [0.25, 0.3) is 0 Å². The molecule has 0 bridgehead atoms. The minimum Gasteiger partial charge on any atom is -0.445 e. The summed E-state index contributed by atoms with van der Waals surface area (Å²) in [5.74, 6) is -1.03. The first-order valence-electron chi connectivity index (χ1n) is 9.41. The first-order chi connectivity index (χ1) is 14.5. The lowest BCUT2D eigenvalue weighted by atomic mass is 10.0. The van der Waals surface area contributed by atoms with Gasteiger partial charge in [-0.25, -0.2) is 4.79 Å². The van der Waals surface area contributed by atoms with Crippen LogP contribution in [0.4, 0.5) is 4.79 Å². The van der Waals surface area contributed by atoms with Gasteiger partial charge in [-0.3, -0.25) is 14.4 Å². The van der Waals surface area contributed by atoms with Crippen molar-refractivity contribution in [1.29, 1.82) is 0 Å². The smallest absolute Gasteiger partial charge is 0.408 e. The van der Waals surface area contributed by atoms with E-state index in [0.717, 1.165) is 17.2 Å². The largest absolute Gasteiger partial charge is 0.445 e. The van der Waals surface area contributed by atoms with E-state index in [4.69, 9.17) is 4.74 Å². The number of rotatable bonds is 10. The molecule has 156 valence electrons. The first-order valence-corrected chi connectivity index (χ1v) is 9.41. The van der Waals surface area contributed by atoms with Crippen molar-refractivity contribution in [2.45, 2.75) is 19.1 Å². The summed E-state index contributed by atoms with van der Waals surface area (Å²) in [4.78, 5) is 47.9. The zero-order valence-corrected chi connectivity index (χ0v) is 16.7. The second kappa shape index (κ2) is 12.0. The molecule has 2 aromatic rings. The summed E-state index contributed by atoms with van der Waals surface area (Å²) in [6.45, 7) is 0.204. The van der Waals surface area contributed by atoms with Gasteiger partial charge in [0.2, 0.25) is 11.7 Å². The Balaban J connectivity index is 2.02. The highest BCUT2D eigenvalue weighted by Crippen LogP contribution is 2.07. The van der Waals surface area contributed by atoms with Crippen molar-refractivity contribution in [1.82, 2.24) is 10.2 Å². The predicted octanol–water partition coefficient (Wildman–Crippen LogP) is 2.31. The Morgan fingerprint density at radius 3 is 2.20 bits per heavy atom. The molecule has 0 aliphatic rings. The van der Waals surface area contributed by atoms with Gasteiger partial charge in [-0.05, 0) is 17.2 Å². The Morgan fingerprint density at radius 2 is 1.60 bits per heavy atom. The second-order valence-corrected chi connectivity index (χ2v) is 6.59. The van der Waals surface area contributed by atoms with Gasteiger partial charge in [0.25, 0.3) is 0 Å². The third-order valence-electron chi connectivity index (χ3n) is 4.24. The Hall–Kier alpha value is -3.74. The minimum absolute atomic E-state index is 0.0886. The number of nitrogens with zero attached hydrogens (tertiary/aromatic N) is 1. The lowest BCUT2D eigenvalue weighted by molar-refractivity contribution is -0.131. The molecule has 1 atom stereocenters. The molecule has 30 heavy (non-hydrogen) atoms. The fraction of sp³-hybridized carbons (Fsp3) is 0.217. The van der Waals surface area contributed by atoms with Crippen molar-refractivity contribution in [3.63, 3.8) is 0 Å². The van der Waals surface area contributed by atoms with Crippen molar-refractivity contribution in [2.75, 3.05) is 13.6 Å². The number of hydrogen-bond donors (Lipinski definition) is 1. The zero-order valence-electron chi connectivity index (χ0n) is 16.7. The van der Waals surface area contributed by atoms with Gasteiger partial charge in [-0.1, -0.05) is 66.7 Å². The molecular weight excluding hydrogens is 384 g/mol. The van der Waals surface area contributed by atoms with Gasteiger partial charge in [0.05, 0.1) is 0 Å². The summed E-state index contributed by atoms with van der Waals surface area (Å²) < 4.78 is 5.24. The van der Waals surface area contributed by atoms with Crippen LogP contribution in [0.3, 0.4) is 0 Å². The molecule has 1 N–H and O–H groups in total. The molecule has 0 aliphatic heterocycles. The number of allylic oxidation sites excluding steroid dienone is 1. The van der Waals surface area contributed by atoms with Crippen LogP contribution in [-0.2, 0) is 32.1 Å². The Morgan fingerprint density at radius 1 is 1.00 bits per heavy atom. The quantitative estimate of drug-likeness (QED) is 0.370. The predicted molar refractivity (Wildman–Crippen MR) is 112 cm³/mol. The number of alkyl carbamates (subject to hydrolysis) is 1. The molecule has 2 aromatic carbocycles. The number of benzene rings is 2. The molecule has 0 saturated heterocycles. The minimum atomic E-state index is -0.851. The zero-order chi connectivity index (χ0) is 21.8. The third-order valence-corrected chi connectivity index (χ3v) is 4.24. The maximum atomic E-state index is 12.9. The normalized spacial score (nSPS) is 11.5. The Labute approximate surface area is 175 Å². The number of hydrogen-bond acceptors (Lipinski definition) is 5. The van der Waals surface area contributed by atoms with E-state index in [2.05, 4.69) is 5.32 Å². The van der Waals surface area contributed by atoms with Crippen LogP contribution in [0.5, 0.6) is 0 Å². The summed E-state index contributed by atoms with van der Waals surface area (Å²) in [6, 6.07) is 17.7. The lowest BCUT2D eigenvalue weighted by Gasteiger charge is -2.23. The highest BCUT2D eigenvalue weighted by molar-refractivity contribution is 6.30. The highest BCUT2D eigenvalue weighted by Gasteiger charge is 2.24. The first kappa shape index (κ1) is 22.5. The maximum absolute atomic E-state index is 12.9. The summed E-state index contributed by atoms with van der Waals surface area (Å²) in [7, 11) is 1.55. The van der Waals surface area contributed by atoms with E-state index in [1.807, 2.05) is 60.7 Å². The third kappa shape index (κ3) is 7.71. The van der Waals surface area contributed by atoms with Crippen LogP contribution in [-0.4, -0.2) is 48.6 Å². The van der Waals surface area contributed by atoms with Crippen molar-refractivity contribution in [3.8, 4) is 0 Å². The number of nitrogens with one attached hydrogen (secondary N) is 1. The summed E-state index contributed by atoms with van der Waals surface area (Å²) in [6.07, 6.45) is 2.29. The van der Waals surface area contributed by atoms with E-state index >= 15 is 0 Å². The monoisotopic (exact) mass is 408 g/mol. The molecule has 0 aliphatic carbocycles. The van der Waals surface area contributed by atoms with Crippen molar-refractivity contribution in [3.05, 3.63) is 83.9 Å². The number of ketones is 1. The van der Waals surface area contributed by atoms with Crippen LogP contribution in [0.1, 0.15) is 11.1 Å². The van der Waals surface area contributed by atoms with E-state index in [1.54, 1.807) is 7.05 Å². The van der Waals surface area contributed by atoms with Crippen LogP contribution >= 0.6 is 0 Å². The molecule has 0 aromatic heterocycles. The van der Waals surface area contributed by atoms with Gasteiger partial charge in [0, 0.05) is 20.0 Å². The number of amides is 2. The summed E-state index contributed by atoms with van der Waals surface area (Å²) in [5, 5.41) is 2.63. The van der Waals surface area contributed by atoms with E-state index in [0.29, 0.717) is 0 Å². The van der Waals surface area contributed by atoms with Crippen LogP contribution < -0.4 is 5.32 Å². The molecule has 7 heteroatoms. The van der Waals surface area contributed by atoms with Crippen LogP contribution in [0, 0.1) is 0 Å².